The zero-order valence-electron chi connectivity index (χ0n) is 11.2. The van der Waals surface area contributed by atoms with Crippen molar-refractivity contribution in [3.05, 3.63) is 20.8 Å². The van der Waals surface area contributed by atoms with E-state index in [1.807, 2.05) is 18.4 Å². The van der Waals surface area contributed by atoms with Crippen molar-refractivity contribution < 1.29 is 9.59 Å². The van der Waals surface area contributed by atoms with Crippen LogP contribution in [0, 0.1) is 0 Å². The first-order valence-corrected chi connectivity index (χ1v) is 7.89. The van der Waals surface area contributed by atoms with E-state index in [1.54, 1.807) is 30.1 Å². The SMILES string of the molecule is CCC1NC(=O)C(C)(C)N(Cc2cc(Br)cs2)C1=O. The molecule has 0 saturated carbocycles. The summed E-state index contributed by atoms with van der Waals surface area (Å²) in [5, 5.41) is 4.77. The summed E-state index contributed by atoms with van der Waals surface area (Å²) in [6.45, 7) is 5.95. The lowest BCUT2D eigenvalue weighted by molar-refractivity contribution is -0.156. The van der Waals surface area contributed by atoms with Crippen molar-refractivity contribution in [3.8, 4) is 0 Å². The van der Waals surface area contributed by atoms with Gasteiger partial charge in [-0.05, 0) is 42.3 Å². The normalized spacial score (nSPS) is 22.5. The second-order valence-electron chi connectivity index (χ2n) is 5.15. The highest BCUT2D eigenvalue weighted by atomic mass is 79.9. The van der Waals surface area contributed by atoms with Gasteiger partial charge in [-0.15, -0.1) is 11.3 Å². The van der Waals surface area contributed by atoms with E-state index < -0.39 is 11.6 Å². The Hall–Kier alpha value is -0.880. The van der Waals surface area contributed by atoms with Gasteiger partial charge in [-0.3, -0.25) is 9.59 Å². The summed E-state index contributed by atoms with van der Waals surface area (Å²) in [5.41, 5.74) is -0.806. The molecule has 1 unspecified atom stereocenters. The third-order valence-electron chi connectivity index (χ3n) is 3.44. The molecule has 104 valence electrons. The third-order valence-corrected chi connectivity index (χ3v) is 5.13. The summed E-state index contributed by atoms with van der Waals surface area (Å²) in [6.07, 6.45) is 0.616. The van der Waals surface area contributed by atoms with Crippen LogP contribution in [0.25, 0.3) is 0 Å². The van der Waals surface area contributed by atoms with Crippen molar-refractivity contribution in [1.82, 2.24) is 10.2 Å². The van der Waals surface area contributed by atoms with Gasteiger partial charge < -0.3 is 10.2 Å². The van der Waals surface area contributed by atoms with E-state index in [0.717, 1.165) is 9.35 Å². The Bertz CT molecular complexity index is 512. The van der Waals surface area contributed by atoms with Crippen LogP contribution in [-0.4, -0.2) is 28.3 Å². The maximum Gasteiger partial charge on any atom is 0.246 e. The summed E-state index contributed by atoms with van der Waals surface area (Å²) in [6, 6.07) is 1.59. The molecule has 1 aliphatic heterocycles. The Balaban J connectivity index is 2.27. The first-order valence-electron chi connectivity index (χ1n) is 6.21. The Kier molecular flexibility index (Phi) is 4.01. The highest BCUT2D eigenvalue weighted by molar-refractivity contribution is 9.10. The minimum atomic E-state index is -0.806. The molecule has 2 amide bonds. The van der Waals surface area contributed by atoms with Crippen LogP contribution in [0.5, 0.6) is 0 Å². The lowest BCUT2D eigenvalue weighted by Crippen LogP contribution is -2.67. The van der Waals surface area contributed by atoms with Gasteiger partial charge in [-0.25, -0.2) is 0 Å². The molecule has 1 aromatic heterocycles. The predicted molar refractivity (Wildman–Crippen MR) is 78.9 cm³/mol. The highest BCUT2D eigenvalue weighted by Crippen LogP contribution is 2.28. The number of carbonyl (C=O) groups is 2. The number of rotatable bonds is 3. The largest absolute Gasteiger partial charge is 0.342 e. The minimum Gasteiger partial charge on any atom is -0.342 e. The molecule has 0 spiro atoms. The summed E-state index contributed by atoms with van der Waals surface area (Å²) in [4.78, 5) is 27.3. The van der Waals surface area contributed by atoms with Gasteiger partial charge in [0.15, 0.2) is 0 Å². The predicted octanol–water partition coefficient (Wildman–Crippen LogP) is 2.53. The molecular weight excluding hydrogens is 328 g/mol. The molecule has 0 aliphatic carbocycles. The van der Waals surface area contributed by atoms with Crippen LogP contribution in [0.15, 0.2) is 15.9 Å². The van der Waals surface area contributed by atoms with Crippen molar-refractivity contribution in [1.29, 1.82) is 0 Å². The van der Waals surface area contributed by atoms with Gasteiger partial charge in [0, 0.05) is 14.7 Å². The molecule has 1 fully saturated rings. The Morgan fingerprint density at radius 2 is 2.16 bits per heavy atom. The smallest absolute Gasteiger partial charge is 0.246 e. The maximum absolute atomic E-state index is 12.4. The first-order chi connectivity index (χ1) is 8.86. The lowest BCUT2D eigenvalue weighted by atomic mass is 9.94. The van der Waals surface area contributed by atoms with E-state index in [0.29, 0.717) is 13.0 Å². The van der Waals surface area contributed by atoms with E-state index in [4.69, 9.17) is 0 Å². The van der Waals surface area contributed by atoms with E-state index >= 15 is 0 Å². The molecule has 0 radical (unpaired) electrons. The molecule has 2 rings (SSSR count). The third kappa shape index (κ3) is 2.69. The van der Waals surface area contributed by atoms with Gasteiger partial charge in [0.2, 0.25) is 11.8 Å². The van der Waals surface area contributed by atoms with Gasteiger partial charge in [0.1, 0.15) is 11.6 Å². The van der Waals surface area contributed by atoms with E-state index in [2.05, 4.69) is 21.2 Å². The van der Waals surface area contributed by atoms with Crippen LogP contribution in [-0.2, 0) is 16.1 Å². The molecule has 0 bridgehead atoms. The molecule has 1 N–H and O–H groups in total. The number of piperazine rings is 1. The van der Waals surface area contributed by atoms with Gasteiger partial charge in [0.25, 0.3) is 0 Å². The summed E-state index contributed by atoms with van der Waals surface area (Å²) >= 11 is 4.99. The zero-order valence-corrected chi connectivity index (χ0v) is 13.6. The number of amides is 2. The number of hydrogen-bond donors (Lipinski definition) is 1. The summed E-state index contributed by atoms with van der Waals surface area (Å²) in [5.74, 6) is -0.0915. The molecule has 1 aromatic rings. The number of nitrogens with one attached hydrogen (secondary N) is 1. The molecule has 0 aromatic carbocycles. The van der Waals surface area contributed by atoms with Crippen molar-refractivity contribution in [2.45, 2.75) is 45.3 Å². The van der Waals surface area contributed by atoms with Crippen LogP contribution in [0.1, 0.15) is 32.1 Å². The average Bonchev–Trinajstić information content (AvgIpc) is 2.75. The fourth-order valence-corrected chi connectivity index (χ4v) is 3.57. The quantitative estimate of drug-likeness (QED) is 0.915. The van der Waals surface area contributed by atoms with Crippen LogP contribution in [0.3, 0.4) is 0 Å². The summed E-state index contributed by atoms with van der Waals surface area (Å²) < 4.78 is 1.01. The van der Waals surface area contributed by atoms with Crippen molar-refractivity contribution >= 4 is 39.1 Å². The van der Waals surface area contributed by atoms with E-state index in [1.165, 1.54) is 0 Å². The van der Waals surface area contributed by atoms with Crippen molar-refractivity contribution in [3.63, 3.8) is 0 Å². The number of thiophene rings is 1. The molecule has 1 atom stereocenters. The maximum atomic E-state index is 12.4. The van der Waals surface area contributed by atoms with Gasteiger partial charge in [-0.1, -0.05) is 6.92 Å². The monoisotopic (exact) mass is 344 g/mol. The van der Waals surface area contributed by atoms with Crippen LogP contribution in [0.4, 0.5) is 0 Å². The molecule has 4 nitrogen and oxygen atoms in total. The number of nitrogens with zero attached hydrogens (tertiary/aromatic N) is 1. The molecule has 1 saturated heterocycles. The standard InChI is InChI=1S/C13H17BrN2O2S/c1-4-10-11(17)16(13(2,3)12(18)15-10)6-9-5-8(14)7-19-9/h5,7,10H,4,6H2,1-3H3,(H,15,18). The highest BCUT2D eigenvalue weighted by Gasteiger charge is 2.45. The van der Waals surface area contributed by atoms with Gasteiger partial charge >= 0.3 is 0 Å². The topological polar surface area (TPSA) is 49.4 Å². The zero-order chi connectivity index (χ0) is 14.2. The molecular formula is C13H17BrN2O2S. The van der Waals surface area contributed by atoms with Gasteiger partial charge in [0.05, 0.1) is 6.54 Å². The molecule has 19 heavy (non-hydrogen) atoms. The van der Waals surface area contributed by atoms with Crippen LogP contribution < -0.4 is 5.32 Å². The Morgan fingerprint density at radius 3 is 2.68 bits per heavy atom. The first kappa shape index (κ1) is 14.5. The minimum absolute atomic E-state index is 0.00313. The molecule has 2 heterocycles. The second kappa shape index (κ2) is 5.25. The number of carbonyl (C=O) groups excluding carboxylic acids is 2. The second-order valence-corrected chi connectivity index (χ2v) is 7.06. The summed E-state index contributed by atoms with van der Waals surface area (Å²) in [7, 11) is 0. The van der Waals surface area contributed by atoms with Crippen molar-refractivity contribution in [2.24, 2.45) is 0 Å². The average molecular weight is 345 g/mol. The van der Waals surface area contributed by atoms with E-state index in [-0.39, 0.29) is 11.8 Å². The van der Waals surface area contributed by atoms with E-state index in [9.17, 15) is 9.59 Å². The molecule has 6 heteroatoms. The van der Waals surface area contributed by atoms with Gasteiger partial charge in [-0.2, -0.15) is 0 Å². The lowest BCUT2D eigenvalue weighted by Gasteiger charge is -2.44. The van der Waals surface area contributed by atoms with Crippen LogP contribution >= 0.6 is 27.3 Å². The number of hydrogen-bond acceptors (Lipinski definition) is 3. The Labute approximate surface area is 125 Å². The molecule has 1 aliphatic rings. The Morgan fingerprint density at radius 1 is 1.47 bits per heavy atom. The number of halogens is 1. The fraction of sp³-hybridized carbons (Fsp3) is 0.538. The van der Waals surface area contributed by atoms with Crippen LogP contribution in [0.2, 0.25) is 0 Å². The van der Waals surface area contributed by atoms with Crippen molar-refractivity contribution in [2.75, 3.05) is 0 Å². The fourth-order valence-electron chi connectivity index (χ4n) is 2.13.